The van der Waals surface area contributed by atoms with Crippen LogP contribution >= 0.6 is 0 Å². The second kappa shape index (κ2) is 8.01. The van der Waals surface area contributed by atoms with E-state index in [-0.39, 0.29) is 23.6 Å². The van der Waals surface area contributed by atoms with Gasteiger partial charge in [0.15, 0.2) is 11.6 Å². The molecule has 2 aromatic rings. The highest BCUT2D eigenvalue weighted by Crippen LogP contribution is 2.31. The summed E-state index contributed by atoms with van der Waals surface area (Å²) in [7, 11) is 0. The van der Waals surface area contributed by atoms with Crippen molar-refractivity contribution in [2.75, 3.05) is 18.1 Å². The normalized spacial score (nSPS) is 16.7. The van der Waals surface area contributed by atoms with Gasteiger partial charge in [0.05, 0.1) is 13.0 Å². The lowest BCUT2D eigenvalue weighted by atomic mass is 10.1. The van der Waals surface area contributed by atoms with Crippen molar-refractivity contribution < 1.29 is 18.7 Å². The molecule has 0 bridgehead atoms. The molecule has 1 aliphatic heterocycles. The van der Waals surface area contributed by atoms with Crippen LogP contribution in [0.4, 0.5) is 10.1 Å². The number of carbonyl (C=O) groups is 1. The first-order valence-electron chi connectivity index (χ1n) is 8.62. The minimum atomic E-state index is -0.388. The van der Waals surface area contributed by atoms with Crippen LogP contribution in [-0.4, -0.2) is 25.2 Å². The molecular formula is C20H22FNO3. The molecule has 0 saturated carbocycles. The van der Waals surface area contributed by atoms with Crippen molar-refractivity contribution in [2.24, 2.45) is 0 Å². The average molecular weight is 343 g/mol. The minimum Gasteiger partial charge on any atom is -0.466 e. The Bertz CT molecular complexity index is 717. The summed E-state index contributed by atoms with van der Waals surface area (Å²) in [6, 6.07) is 14.0. The molecule has 0 unspecified atom stereocenters. The van der Waals surface area contributed by atoms with Crippen molar-refractivity contribution in [1.82, 2.24) is 0 Å². The van der Waals surface area contributed by atoms with E-state index in [0.717, 1.165) is 25.1 Å². The van der Waals surface area contributed by atoms with Crippen LogP contribution < -0.4 is 9.64 Å². The molecule has 25 heavy (non-hydrogen) atoms. The van der Waals surface area contributed by atoms with Crippen molar-refractivity contribution in [3.8, 4) is 11.5 Å². The number of benzene rings is 2. The third kappa shape index (κ3) is 4.29. The molecule has 5 heteroatoms. The summed E-state index contributed by atoms with van der Waals surface area (Å²) in [5, 5.41) is 0. The summed E-state index contributed by atoms with van der Waals surface area (Å²) >= 11 is 0. The van der Waals surface area contributed by atoms with Gasteiger partial charge < -0.3 is 14.4 Å². The number of halogens is 1. The molecule has 0 aromatic heterocycles. The Kier molecular flexibility index (Phi) is 5.53. The van der Waals surface area contributed by atoms with Crippen LogP contribution in [0.25, 0.3) is 0 Å². The van der Waals surface area contributed by atoms with E-state index in [0.29, 0.717) is 18.8 Å². The zero-order chi connectivity index (χ0) is 17.6. The lowest BCUT2D eigenvalue weighted by Crippen LogP contribution is -2.31. The Morgan fingerprint density at radius 2 is 1.96 bits per heavy atom. The molecule has 0 N–H and O–H groups in total. The van der Waals surface area contributed by atoms with Gasteiger partial charge in [0, 0.05) is 18.3 Å². The summed E-state index contributed by atoms with van der Waals surface area (Å²) in [5.41, 5.74) is 1.03. The molecule has 3 rings (SSSR count). The summed E-state index contributed by atoms with van der Waals surface area (Å²) in [4.78, 5) is 14.0. The van der Waals surface area contributed by atoms with Gasteiger partial charge in [-0.25, -0.2) is 4.39 Å². The van der Waals surface area contributed by atoms with E-state index in [9.17, 15) is 9.18 Å². The van der Waals surface area contributed by atoms with E-state index < -0.39 is 0 Å². The highest BCUT2D eigenvalue weighted by atomic mass is 19.1. The van der Waals surface area contributed by atoms with Gasteiger partial charge in [0.1, 0.15) is 5.75 Å². The van der Waals surface area contributed by atoms with Crippen molar-refractivity contribution in [3.05, 3.63) is 54.3 Å². The standard InChI is InChI=1S/C20H22FNO3/c1-2-24-20(23)14-16-6-5-13-22(16)15-9-11-17(12-10-15)25-19-8-4-3-7-18(19)21/h3-4,7-12,16H,2,5-6,13-14H2,1H3/t16-/m0/s1. The maximum atomic E-state index is 13.7. The van der Waals surface area contributed by atoms with Crippen LogP contribution in [0.5, 0.6) is 11.5 Å². The quantitative estimate of drug-likeness (QED) is 0.722. The largest absolute Gasteiger partial charge is 0.466 e. The zero-order valence-corrected chi connectivity index (χ0v) is 14.3. The molecule has 1 aliphatic rings. The van der Waals surface area contributed by atoms with Crippen molar-refractivity contribution in [3.63, 3.8) is 0 Å². The van der Waals surface area contributed by atoms with Crippen LogP contribution in [0.1, 0.15) is 26.2 Å². The third-order valence-corrected chi connectivity index (χ3v) is 4.32. The average Bonchev–Trinajstić information content (AvgIpc) is 3.06. The molecule has 1 saturated heterocycles. The molecule has 4 nitrogen and oxygen atoms in total. The molecule has 0 radical (unpaired) electrons. The zero-order valence-electron chi connectivity index (χ0n) is 14.3. The Morgan fingerprint density at radius 1 is 1.20 bits per heavy atom. The smallest absolute Gasteiger partial charge is 0.307 e. The van der Waals surface area contributed by atoms with E-state index in [2.05, 4.69) is 4.90 Å². The first-order valence-corrected chi connectivity index (χ1v) is 8.62. The molecule has 0 spiro atoms. The van der Waals surface area contributed by atoms with Crippen molar-refractivity contribution >= 4 is 11.7 Å². The number of anilines is 1. The summed E-state index contributed by atoms with van der Waals surface area (Å²) in [6.07, 6.45) is 2.44. The topological polar surface area (TPSA) is 38.8 Å². The monoisotopic (exact) mass is 343 g/mol. The van der Waals surface area contributed by atoms with E-state index in [1.165, 1.54) is 6.07 Å². The Hall–Kier alpha value is -2.56. The highest BCUT2D eigenvalue weighted by Gasteiger charge is 2.27. The van der Waals surface area contributed by atoms with Gasteiger partial charge >= 0.3 is 5.97 Å². The number of para-hydroxylation sites is 1. The highest BCUT2D eigenvalue weighted by molar-refractivity contribution is 5.71. The predicted molar refractivity (Wildman–Crippen MR) is 94.5 cm³/mol. The molecule has 1 fully saturated rings. The van der Waals surface area contributed by atoms with E-state index in [1.807, 2.05) is 31.2 Å². The van der Waals surface area contributed by atoms with Crippen LogP contribution in [0.15, 0.2) is 48.5 Å². The van der Waals surface area contributed by atoms with Gasteiger partial charge in [0.2, 0.25) is 0 Å². The van der Waals surface area contributed by atoms with Gasteiger partial charge in [-0.15, -0.1) is 0 Å². The predicted octanol–water partition coefficient (Wildman–Crippen LogP) is 4.54. The molecule has 0 amide bonds. The summed E-state index contributed by atoms with van der Waals surface area (Å²) < 4.78 is 24.3. The molecule has 2 aromatic carbocycles. The maximum Gasteiger partial charge on any atom is 0.307 e. The van der Waals surface area contributed by atoms with Crippen molar-refractivity contribution in [1.29, 1.82) is 0 Å². The maximum absolute atomic E-state index is 13.7. The fourth-order valence-corrected chi connectivity index (χ4v) is 3.16. The van der Waals surface area contributed by atoms with Gasteiger partial charge in [-0.3, -0.25) is 4.79 Å². The number of esters is 1. The fourth-order valence-electron chi connectivity index (χ4n) is 3.16. The number of nitrogens with zero attached hydrogens (tertiary/aromatic N) is 1. The summed E-state index contributed by atoms with van der Waals surface area (Å²) in [5.74, 6) is 0.242. The van der Waals surface area contributed by atoms with Gasteiger partial charge in [-0.05, 0) is 56.2 Å². The molecule has 1 heterocycles. The first kappa shape index (κ1) is 17.3. The second-order valence-electron chi connectivity index (χ2n) is 6.02. The fraction of sp³-hybridized carbons (Fsp3) is 0.350. The summed E-state index contributed by atoms with van der Waals surface area (Å²) in [6.45, 7) is 3.14. The third-order valence-electron chi connectivity index (χ3n) is 4.32. The molecular weight excluding hydrogens is 321 g/mol. The number of ether oxygens (including phenoxy) is 2. The van der Waals surface area contributed by atoms with E-state index in [4.69, 9.17) is 9.47 Å². The van der Waals surface area contributed by atoms with Gasteiger partial charge in [-0.2, -0.15) is 0 Å². The Morgan fingerprint density at radius 3 is 2.68 bits per heavy atom. The molecule has 0 aliphatic carbocycles. The van der Waals surface area contributed by atoms with E-state index >= 15 is 0 Å². The van der Waals surface area contributed by atoms with Crippen LogP contribution in [-0.2, 0) is 9.53 Å². The lowest BCUT2D eigenvalue weighted by molar-refractivity contribution is -0.143. The Balaban J connectivity index is 1.67. The number of hydrogen-bond donors (Lipinski definition) is 0. The second-order valence-corrected chi connectivity index (χ2v) is 6.02. The SMILES string of the molecule is CCOC(=O)C[C@@H]1CCCN1c1ccc(Oc2ccccc2F)cc1. The van der Waals surface area contributed by atoms with E-state index in [1.54, 1.807) is 18.2 Å². The molecule has 1 atom stereocenters. The minimum absolute atomic E-state index is 0.154. The number of carbonyl (C=O) groups excluding carboxylic acids is 1. The molecule has 132 valence electrons. The van der Waals surface area contributed by atoms with Gasteiger partial charge in [0.25, 0.3) is 0 Å². The van der Waals surface area contributed by atoms with Crippen LogP contribution in [0.2, 0.25) is 0 Å². The lowest BCUT2D eigenvalue weighted by Gasteiger charge is -2.26. The van der Waals surface area contributed by atoms with Gasteiger partial charge in [-0.1, -0.05) is 12.1 Å². The first-order chi connectivity index (χ1) is 12.2. The number of rotatable bonds is 6. The Labute approximate surface area is 147 Å². The van der Waals surface area contributed by atoms with Crippen molar-refractivity contribution in [2.45, 2.75) is 32.2 Å². The van der Waals surface area contributed by atoms with Crippen LogP contribution in [0, 0.1) is 5.82 Å². The van der Waals surface area contributed by atoms with Crippen LogP contribution in [0.3, 0.4) is 0 Å². The number of hydrogen-bond acceptors (Lipinski definition) is 4.